The standard InChI is InChI=1S/C28H30BrNO2/c1-3-32-28(31)22(2)18-27(19-23-14-16-26(29)17-15-23)30(20-24-10-6-4-7-11-24)21-25-12-8-5-9-13-25/h4-18,27H,3,19-21H2,1-2H3/b22-18+. The van der Waals surface area contributed by atoms with Crippen molar-refractivity contribution in [3.8, 4) is 0 Å². The van der Waals surface area contributed by atoms with E-state index in [-0.39, 0.29) is 12.0 Å². The van der Waals surface area contributed by atoms with Gasteiger partial charge in [0, 0.05) is 29.2 Å². The Kier molecular flexibility index (Phi) is 9.27. The van der Waals surface area contributed by atoms with Crippen molar-refractivity contribution in [1.82, 2.24) is 4.90 Å². The smallest absolute Gasteiger partial charge is 0.333 e. The summed E-state index contributed by atoms with van der Waals surface area (Å²) in [7, 11) is 0. The summed E-state index contributed by atoms with van der Waals surface area (Å²) in [5, 5.41) is 0. The molecule has 1 atom stereocenters. The zero-order valence-corrected chi connectivity index (χ0v) is 20.3. The molecule has 3 rings (SSSR count). The van der Waals surface area contributed by atoms with Gasteiger partial charge in [-0.25, -0.2) is 4.79 Å². The van der Waals surface area contributed by atoms with Crippen molar-refractivity contribution in [2.24, 2.45) is 0 Å². The molecule has 0 aliphatic carbocycles. The van der Waals surface area contributed by atoms with Crippen molar-refractivity contribution in [3.05, 3.63) is 118 Å². The van der Waals surface area contributed by atoms with Crippen LogP contribution < -0.4 is 0 Å². The molecule has 0 aromatic heterocycles. The molecular weight excluding hydrogens is 462 g/mol. The number of esters is 1. The lowest BCUT2D eigenvalue weighted by Crippen LogP contribution is -2.35. The molecule has 0 spiro atoms. The van der Waals surface area contributed by atoms with Gasteiger partial charge in [0.15, 0.2) is 0 Å². The Hall–Kier alpha value is -2.69. The third kappa shape index (κ3) is 7.47. The van der Waals surface area contributed by atoms with Crippen LogP contribution in [0.2, 0.25) is 0 Å². The molecule has 3 aromatic rings. The maximum Gasteiger partial charge on any atom is 0.333 e. The summed E-state index contributed by atoms with van der Waals surface area (Å²) in [5.74, 6) is -0.257. The van der Waals surface area contributed by atoms with Crippen LogP contribution in [-0.2, 0) is 29.0 Å². The monoisotopic (exact) mass is 491 g/mol. The highest BCUT2D eigenvalue weighted by Gasteiger charge is 2.20. The number of benzene rings is 3. The van der Waals surface area contributed by atoms with Gasteiger partial charge in [0.05, 0.1) is 6.61 Å². The number of halogens is 1. The fraction of sp³-hybridized carbons (Fsp3) is 0.250. The summed E-state index contributed by atoms with van der Waals surface area (Å²) in [4.78, 5) is 14.8. The molecule has 0 aliphatic heterocycles. The number of nitrogens with zero attached hydrogens (tertiary/aromatic N) is 1. The molecule has 0 N–H and O–H groups in total. The number of carbonyl (C=O) groups excluding carboxylic acids is 1. The van der Waals surface area contributed by atoms with E-state index in [0.717, 1.165) is 24.0 Å². The Bertz CT molecular complexity index is 959. The first-order valence-electron chi connectivity index (χ1n) is 11.0. The second kappa shape index (κ2) is 12.4. The molecule has 166 valence electrons. The second-order valence-corrected chi connectivity index (χ2v) is 8.76. The Balaban J connectivity index is 1.96. The van der Waals surface area contributed by atoms with Crippen LogP contribution in [-0.4, -0.2) is 23.5 Å². The molecular formula is C28H30BrNO2. The van der Waals surface area contributed by atoms with Gasteiger partial charge < -0.3 is 4.74 Å². The molecule has 0 fully saturated rings. The molecule has 0 aliphatic rings. The van der Waals surface area contributed by atoms with Crippen LogP contribution in [0, 0.1) is 0 Å². The van der Waals surface area contributed by atoms with Gasteiger partial charge in [0.1, 0.15) is 0 Å². The Labute approximate surface area is 199 Å². The molecule has 3 aromatic carbocycles. The van der Waals surface area contributed by atoms with Gasteiger partial charge in [-0.15, -0.1) is 0 Å². The van der Waals surface area contributed by atoms with Crippen LogP contribution in [0.15, 0.2) is 101 Å². The fourth-order valence-electron chi connectivity index (χ4n) is 3.68. The van der Waals surface area contributed by atoms with E-state index in [4.69, 9.17) is 4.74 Å². The summed E-state index contributed by atoms with van der Waals surface area (Å²) in [6.07, 6.45) is 2.86. The quantitative estimate of drug-likeness (QED) is 0.237. The molecule has 32 heavy (non-hydrogen) atoms. The minimum atomic E-state index is -0.257. The maximum atomic E-state index is 12.4. The fourth-order valence-corrected chi connectivity index (χ4v) is 3.95. The highest BCUT2D eigenvalue weighted by molar-refractivity contribution is 9.10. The number of hydrogen-bond acceptors (Lipinski definition) is 3. The van der Waals surface area contributed by atoms with Crippen LogP contribution in [0.4, 0.5) is 0 Å². The first kappa shape index (κ1) is 24.0. The van der Waals surface area contributed by atoms with Gasteiger partial charge in [-0.05, 0) is 49.1 Å². The average Bonchev–Trinajstić information content (AvgIpc) is 2.81. The van der Waals surface area contributed by atoms with Crippen LogP contribution >= 0.6 is 15.9 Å². The van der Waals surface area contributed by atoms with Crippen molar-refractivity contribution in [1.29, 1.82) is 0 Å². The molecule has 0 amide bonds. The van der Waals surface area contributed by atoms with Crippen LogP contribution in [0.5, 0.6) is 0 Å². The van der Waals surface area contributed by atoms with E-state index in [1.54, 1.807) is 0 Å². The maximum absolute atomic E-state index is 12.4. The summed E-state index contributed by atoms with van der Waals surface area (Å²) in [5.41, 5.74) is 4.34. The largest absolute Gasteiger partial charge is 0.463 e. The van der Waals surface area contributed by atoms with Gasteiger partial charge in [-0.2, -0.15) is 0 Å². The van der Waals surface area contributed by atoms with Crippen LogP contribution in [0.1, 0.15) is 30.5 Å². The Morgan fingerprint density at radius 1 is 0.875 bits per heavy atom. The van der Waals surface area contributed by atoms with E-state index in [9.17, 15) is 4.79 Å². The van der Waals surface area contributed by atoms with E-state index >= 15 is 0 Å². The van der Waals surface area contributed by atoms with Crippen molar-refractivity contribution < 1.29 is 9.53 Å². The number of rotatable bonds is 10. The number of carbonyl (C=O) groups is 1. The van der Waals surface area contributed by atoms with E-state index in [1.165, 1.54) is 16.7 Å². The van der Waals surface area contributed by atoms with Crippen LogP contribution in [0.3, 0.4) is 0 Å². The van der Waals surface area contributed by atoms with Gasteiger partial charge in [0.25, 0.3) is 0 Å². The lowest BCUT2D eigenvalue weighted by atomic mass is 10.0. The Morgan fingerprint density at radius 2 is 1.41 bits per heavy atom. The molecule has 0 bridgehead atoms. The number of hydrogen-bond donors (Lipinski definition) is 0. The highest BCUT2D eigenvalue weighted by atomic mass is 79.9. The zero-order chi connectivity index (χ0) is 22.8. The predicted molar refractivity (Wildman–Crippen MR) is 134 cm³/mol. The molecule has 3 nitrogen and oxygen atoms in total. The topological polar surface area (TPSA) is 29.5 Å². The van der Waals surface area contributed by atoms with E-state index < -0.39 is 0 Å². The Morgan fingerprint density at radius 3 is 1.91 bits per heavy atom. The molecule has 0 heterocycles. The van der Waals surface area contributed by atoms with Crippen molar-refractivity contribution in [2.45, 2.75) is 39.4 Å². The van der Waals surface area contributed by atoms with Gasteiger partial charge in [-0.1, -0.05) is 94.8 Å². The lowest BCUT2D eigenvalue weighted by molar-refractivity contribution is -0.138. The lowest BCUT2D eigenvalue weighted by Gasteiger charge is -2.31. The minimum absolute atomic E-state index is 0.0287. The highest BCUT2D eigenvalue weighted by Crippen LogP contribution is 2.20. The first-order chi connectivity index (χ1) is 15.5. The minimum Gasteiger partial charge on any atom is -0.463 e. The van der Waals surface area contributed by atoms with Crippen molar-refractivity contribution in [3.63, 3.8) is 0 Å². The third-order valence-electron chi connectivity index (χ3n) is 5.32. The normalized spacial score (nSPS) is 12.6. The summed E-state index contributed by atoms with van der Waals surface area (Å²) in [6.45, 7) is 5.61. The van der Waals surface area contributed by atoms with Gasteiger partial charge >= 0.3 is 5.97 Å². The second-order valence-electron chi connectivity index (χ2n) is 7.84. The summed E-state index contributed by atoms with van der Waals surface area (Å²) < 4.78 is 6.31. The molecule has 0 radical (unpaired) electrons. The van der Waals surface area contributed by atoms with Crippen molar-refractivity contribution >= 4 is 21.9 Å². The number of ether oxygens (including phenoxy) is 1. The summed E-state index contributed by atoms with van der Waals surface area (Å²) >= 11 is 3.52. The summed E-state index contributed by atoms with van der Waals surface area (Å²) in [6, 6.07) is 29.4. The van der Waals surface area contributed by atoms with E-state index in [0.29, 0.717) is 12.2 Å². The van der Waals surface area contributed by atoms with E-state index in [1.807, 2.05) is 26.0 Å². The predicted octanol–water partition coefficient (Wildman–Crippen LogP) is 6.57. The molecule has 0 saturated carbocycles. The third-order valence-corrected chi connectivity index (χ3v) is 5.85. The SMILES string of the molecule is CCOC(=O)/C(C)=C/C(Cc1ccc(Br)cc1)N(Cc1ccccc1)Cc1ccccc1. The van der Waals surface area contributed by atoms with E-state index in [2.05, 4.69) is 99.7 Å². The molecule has 1 unspecified atom stereocenters. The molecule has 4 heteroatoms. The van der Waals surface area contributed by atoms with Gasteiger partial charge in [0.2, 0.25) is 0 Å². The first-order valence-corrected chi connectivity index (χ1v) is 11.8. The molecule has 0 saturated heterocycles. The van der Waals surface area contributed by atoms with Crippen molar-refractivity contribution in [2.75, 3.05) is 6.61 Å². The van der Waals surface area contributed by atoms with Gasteiger partial charge in [-0.3, -0.25) is 4.90 Å². The zero-order valence-electron chi connectivity index (χ0n) is 18.7. The average molecular weight is 492 g/mol. The van der Waals surface area contributed by atoms with Crippen LogP contribution in [0.25, 0.3) is 0 Å².